The van der Waals surface area contributed by atoms with Crippen LogP contribution in [0.25, 0.3) is 0 Å². The summed E-state index contributed by atoms with van der Waals surface area (Å²) in [5.74, 6) is -0.721. The number of anilines is 1. The molecule has 0 radical (unpaired) electrons. The van der Waals surface area contributed by atoms with Crippen molar-refractivity contribution in [2.75, 3.05) is 5.32 Å². The summed E-state index contributed by atoms with van der Waals surface area (Å²) < 4.78 is 76.9. The minimum Gasteiger partial charge on any atom is -0.369 e. The van der Waals surface area contributed by atoms with E-state index < -0.39 is 29.4 Å². The van der Waals surface area contributed by atoms with Crippen LogP contribution in [0.15, 0.2) is 48.5 Å². The van der Waals surface area contributed by atoms with Crippen molar-refractivity contribution < 1.29 is 36.2 Å². The van der Waals surface area contributed by atoms with Crippen LogP contribution in [0.1, 0.15) is 21.5 Å². The molecule has 0 unspecified atom stereocenters. The van der Waals surface area contributed by atoms with Crippen molar-refractivity contribution in [1.82, 2.24) is 0 Å². The largest absolute Gasteiger partial charge is 0.430 e. The lowest BCUT2D eigenvalue weighted by atomic mass is 9.92. The fourth-order valence-corrected chi connectivity index (χ4v) is 2.22. The van der Waals surface area contributed by atoms with Crippen LogP contribution in [0.3, 0.4) is 0 Å². The molecule has 142 valence electrons. The van der Waals surface area contributed by atoms with Gasteiger partial charge in [-0.1, -0.05) is 18.2 Å². The van der Waals surface area contributed by atoms with E-state index in [2.05, 4.69) is 5.32 Å². The van der Waals surface area contributed by atoms with Crippen LogP contribution in [-0.2, 0) is 5.60 Å². The van der Waals surface area contributed by atoms with E-state index in [9.17, 15) is 36.2 Å². The Bertz CT molecular complexity index is 868. The van der Waals surface area contributed by atoms with Crippen LogP contribution in [0.5, 0.6) is 0 Å². The van der Waals surface area contributed by atoms with Crippen LogP contribution in [-0.4, -0.2) is 23.4 Å². The monoisotopic (exact) mass is 388 g/mol. The number of hydrogen-bond acceptors (Lipinski definition) is 3. The van der Waals surface area contributed by atoms with E-state index in [4.69, 9.17) is 5.26 Å². The number of amides is 1. The summed E-state index contributed by atoms with van der Waals surface area (Å²) in [5, 5.41) is 20.4. The van der Waals surface area contributed by atoms with Gasteiger partial charge in [-0.3, -0.25) is 4.79 Å². The summed E-state index contributed by atoms with van der Waals surface area (Å²) in [6, 6.07) is 9.76. The second-order valence-corrected chi connectivity index (χ2v) is 5.43. The van der Waals surface area contributed by atoms with E-state index in [0.29, 0.717) is 12.1 Å². The van der Waals surface area contributed by atoms with E-state index in [0.717, 1.165) is 12.1 Å². The molecule has 4 nitrogen and oxygen atoms in total. The van der Waals surface area contributed by atoms with Crippen molar-refractivity contribution in [1.29, 1.82) is 5.26 Å². The highest BCUT2D eigenvalue weighted by Crippen LogP contribution is 2.50. The molecule has 0 saturated heterocycles. The average molecular weight is 388 g/mol. The molecule has 1 amide bonds. The Kier molecular flexibility index (Phi) is 5.19. The highest BCUT2D eigenvalue weighted by atomic mass is 19.4. The number of rotatable bonds is 3. The van der Waals surface area contributed by atoms with Gasteiger partial charge < -0.3 is 10.4 Å². The SMILES string of the molecule is N#Cc1cccc(C(=O)Nc2ccc(C(O)(C(F)(F)F)C(F)(F)F)cc2)c1. The van der Waals surface area contributed by atoms with Crippen molar-refractivity contribution in [3.8, 4) is 6.07 Å². The van der Waals surface area contributed by atoms with Gasteiger partial charge in [0, 0.05) is 16.8 Å². The Balaban J connectivity index is 2.29. The van der Waals surface area contributed by atoms with Gasteiger partial charge in [-0.05, 0) is 30.3 Å². The van der Waals surface area contributed by atoms with Crippen LogP contribution in [0.4, 0.5) is 32.0 Å². The molecule has 0 aliphatic rings. The number of carbonyl (C=O) groups is 1. The maximum atomic E-state index is 12.8. The number of nitriles is 1. The van der Waals surface area contributed by atoms with E-state index in [1.807, 2.05) is 6.07 Å². The maximum Gasteiger partial charge on any atom is 0.430 e. The molecule has 0 bridgehead atoms. The van der Waals surface area contributed by atoms with Crippen LogP contribution >= 0.6 is 0 Å². The molecule has 10 heteroatoms. The molecule has 0 spiro atoms. The van der Waals surface area contributed by atoms with Gasteiger partial charge in [-0.15, -0.1) is 0 Å². The van der Waals surface area contributed by atoms with E-state index in [1.54, 1.807) is 0 Å². The molecule has 0 aliphatic heterocycles. The molecular weight excluding hydrogens is 378 g/mol. The highest BCUT2D eigenvalue weighted by molar-refractivity contribution is 6.04. The molecule has 0 aromatic heterocycles. The first kappa shape index (κ1) is 20.3. The molecule has 2 aromatic rings. The summed E-state index contributed by atoms with van der Waals surface area (Å²) in [4.78, 5) is 12.1. The predicted molar refractivity (Wildman–Crippen MR) is 81.6 cm³/mol. The standard InChI is InChI=1S/C17H10F6N2O2/c18-16(19,20)15(27,17(21,22)23)12-4-6-13(7-5-12)25-14(26)11-3-1-2-10(8-11)9-24/h1-8,27H,(H,25,26). The fourth-order valence-electron chi connectivity index (χ4n) is 2.22. The molecule has 0 aliphatic carbocycles. The average Bonchev–Trinajstić information content (AvgIpc) is 2.59. The number of aliphatic hydroxyl groups is 1. The smallest absolute Gasteiger partial charge is 0.369 e. The molecule has 0 atom stereocenters. The van der Waals surface area contributed by atoms with Gasteiger partial charge in [0.15, 0.2) is 0 Å². The Morgan fingerprint density at radius 2 is 1.52 bits per heavy atom. The van der Waals surface area contributed by atoms with Crippen molar-refractivity contribution in [2.45, 2.75) is 18.0 Å². The Morgan fingerprint density at radius 1 is 0.963 bits per heavy atom. The third-order valence-corrected chi connectivity index (χ3v) is 3.63. The molecule has 0 saturated carbocycles. The zero-order valence-corrected chi connectivity index (χ0v) is 13.2. The molecule has 0 fully saturated rings. The molecule has 2 rings (SSSR count). The Labute approximate surface area is 148 Å². The summed E-state index contributed by atoms with van der Waals surface area (Å²) in [6.45, 7) is 0. The lowest BCUT2D eigenvalue weighted by Gasteiger charge is -2.32. The second kappa shape index (κ2) is 6.92. The number of nitrogens with zero attached hydrogens (tertiary/aromatic N) is 1. The van der Waals surface area contributed by atoms with Crippen molar-refractivity contribution in [3.63, 3.8) is 0 Å². The Morgan fingerprint density at radius 3 is 2.00 bits per heavy atom. The number of nitrogens with one attached hydrogen (secondary N) is 1. The minimum atomic E-state index is -5.99. The number of carbonyl (C=O) groups excluding carboxylic acids is 1. The van der Waals surface area contributed by atoms with Crippen molar-refractivity contribution in [3.05, 3.63) is 65.2 Å². The third kappa shape index (κ3) is 3.88. The van der Waals surface area contributed by atoms with E-state index in [1.165, 1.54) is 24.3 Å². The summed E-state index contributed by atoms with van der Waals surface area (Å²) in [6.07, 6.45) is -12.0. The lowest BCUT2D eigenvalue weighted by Crippen LogP contribution is -2.53. The highest BCUT2D eigenvalue weighted by Gasteiger charge is 2.71. The van der Waals surface area contributed by atoms with Crippen molar-refractivity contribution >= 4 is 11.6 Å². The zero-order valence-electron chi connectivity index (χ0n) is 13.2. The van der Waals surface area contributed by atoms with Gasteiger partial charge in [-0.2, -0.15) is 31.6 Å². The number of hydrogen-bond donors (Lipinski definition) is 2. The number of alkyl halides is 6. The lowest BCUT2D eigenvalue weighted by molar-refractivity contribution is -0.376. The number of benzene rings is 2. The molecule has 27 heavy (non-hydrogen) atoms. The second-order valence-electron chi connectivity index (χ2n) is 5.43. The first-order valence-electron chi connectivity index (χ1n) is 7.18. The summed E-state index contributed by atoms with van der Waals surface area (Å²) in [7, 11) is 0. The minimum absolute atomic E-state index is 0.0696. The topological polar surface area (TPSA) is 73.1 Å². The maximum absolute atomic E-state index is 12.8. The fraction of sp³-hybridized carbons (Fsp3) is 0.176. The van der Waals surface area contributed by atoms with Gasteiger partial charge in [0.25, 0.3) is 11.5 Å². The molecule has 2 aromatic carbocycles. The predicted octanol–water partition coefficient (Wildman–Crippen LogP) is 4.12. The molecule has 2 N–H and O–H groups in total. The first-order valence-corrected chi connectivity index (χ1v) is 7.18. The van der Waals surface area contributed by atoms with E-state index >= 15 is 0 Å². The normalized spacial score (nSPS) is 12.4. The summed E-state index contributed by atoms with van der Waals surface area (Å²) in [5.41, 5.74) is -6.31. The van der Waals surface area contributed by atoms with Gasteiger partial charge in [0.05, 0.1) is 11.6 Å². The quantitative estimate of drug-likeness (QED) is 0.777. The Hall–Kier alpha value is -3.06. The van der Waals surface area contributed by atoms with Crippen LogP contribution < -0.4 is 5.32 Å². The molecule has 0 heterocycles. The van der Waals surface area contributed by atoms with Crippen LogP contribution in [0, 0.1) is 11.3 Å². The van der Waals surface area contributed by atoms with Gasteiger partial charge in [0.2, 0.25) is 0 Å². The van der Waals surface area contributed by atoms with Gasteiger partial charge in [-0.25, -0.2) is 0 Å². The van der Waals surface area contributed by atoms with Gasteiger partial charge >= 0.3 is 12.4 Å². The van der Waals surface area contributed by atoms with E-state index in [-0.39, 0.29) is 16.8 Å². The number of halogens is 6. The zero-order chi connectivity index (χ0) is 20.5. The van der Waals surface area contributed by atoms with Gasteiger partial charge in [0.1, 0.15) is 0 Å². The summed E-state index contributed by atoms with van der Waals surface area (Å²) >= 11 is 0. The third-order valence-electron chi connectivity index (χ3n) is 3.63. The van der Waals surface area contributed by atoms with Crippen LogP contribution in [0.2, 0.25) is 0 Å². The first-order chi connectivity index (χ1) is 12.4. The molecular formula is C17H10F6N2O2. The van der Waals surface area contributed by atoms with Crippen molar-refractivity contribution in [2.24, 2.45) is 0 Å².